The molecular formula is C51H40P2. The van der Waals surface area contributed by atoms with Crippen LogP contribution in [0.15, 0.2) is 212 Å². The van der Waals surface area contributed by atoms with Crippen LogP contribution in [-0.4, -0.2) is 0 Å². The van der Waals surface area contributed by atoms with Gasteiger partial charge in [-0.15, -0.1) is 0 Å². The molecular weight excluding hydrogens is 675 g/mol. The van der Waals surface area contributed by atoms with E-state index in [0.29, 0.717) is 0 Å². The third-order valence-corrected chi connectivity index (χ3v) is 16.3. The molecule has 0 saturated carbocycles. The Kier molecular flexibility index (Phi) is 9.19. The minimum Gasteiger partial charge on any atom is -0.0675 e. The van der Waals surface area contributed by atoms with E-state index in [1.807, 2.05) is 0 Å². The van der Waals surface area contributed by atoms with E-state index in [1.165, 1.54) is 65.1 Å². The van der Waals surface area contributed by atoms with E-state index in [1.54, 1.807) is 0 Å². The fourth-order valence-corrected chi connectivity index (χ4v) is 14.4. The van der Waals surface area contributed by atoms with Crippen molar-refractivity contribution in [2.45, 2.75) is 18.0 Å². The molecule has 0 spiro atoms. The normalized spacial score (nSPS) is 16.5. The summed E-state index contributed by atoms with van der Waals surface area (Å²) in [5, 5.41) is 9.05. The molecule has 0 saturated heterocycles. The van der Waals surface area contributed by atoms with Crippen LogP contribution in [0.2, 0.25) is 0 Å². The summed E-state index contributed by atoms with van der Waals surface area (Å²) in [6.45, 7) is 2.32. The molecule has 0 heterocycles. The zero-order valence-electron chi connectivity index (χ0n) is 29.8. The first kappa shape index (κ1) is 33.5. The van der Waals surface area contributed by atoms with E-state index in [4.69, 9.17) is 0 Å². The van der Waals surface area contributed by atoms with E-state index in [-0.39, 0.29) is 5.92 Å². The van der Waals surface area contributed by atoms with Gasteiger partial charge in [-0.1, -0.05) is 218 Å². The molecule has 1 aliphatic carbocycles. The molecule has 0 aliphatic heterocycles. The van der Waals surface area contributed by atoms with Crippen LogP contribution in [-0.2, 0) is 5.16 Å². The number of fused-ring (bicyclic) bond motifs is 2. The van der Waals surface area contributed by atoms with Gasteiger partial charge in [0, 0.05) is 5.92 Å². The molecule has 0 fully saturated rings. The highest BCUT2D eigenvalue weighted by atomic mass is 31.1. The van der Waals surface area contributed by atoms with Crippen molar-refractivity contribution in [2.24, 2.45) is 0 Å². The average Bonchev–Trinajstić information content (AvgIpc) is 3.23. The predicted octanol–water partition coefficient (Wildman–Crippen LogP) is 11.1. The highest BCUT2D eigenvalue weighted by molar-refractivity contribution is 7.80. The molecule has 8 aromatic rings. The predicted molar refractivity (Wildman–Crippen MR) is 232 cm³/mol. The summed E-state index contributed by atoms with van der Waals surface area (Å²) < 4.78 is 0. The molecule has 0 aromatic heterocycles. The van der Waals surface area contributed by atoms with Crippen LogP contribution >= 0.6 is 15.8 Å². The third kappa shape index (κ3) is 5.98. The van der Waals surface area contributed by atoms with Gasteiger partial charge in [-0.3, -0.25) is 0 Å². The Morgan fingerprint density at radius 2 is 0.962 bits per heavy atom. The molecule has 1 aliphatic rings. The third-order valence-electron chi connectivity index (χ3n) is 10.7. The van der Waals surface area contributed by atoms with Gasteiger partial charge in [0.2, 0.25) is 0 Å². The van der Waals surface area contributed by atoms with Crippen molar-refractivity contribution in [3.63, 3.8) is 0 Å². The second-order valence-corrected chi connectivity index (χ2v) is 18.4. The summed E-state index contributed by atoms with van der Waals surface area (Å²) in [5.74, 6) is -0.00477. The summed E-state index contributed by atoms with van der Waals surface area (Å²) in [5.41, 5.74) is 6.81. The van der Waals surface area contributed by atoms with Crippen molar-refractivity contribution in [3.05, 3.63) is 240 Å². The van der Waals surface area contributed by atoms with E-state index < -0.39 is 21.0 Å². The monoisotopic (exact) mass is 714 g/mol. The van der Waals surface area contributed by atoms with E-state index >= 15 is 0 Å². The zero-order chi connectivity index (χ0) is 35.6. The molecule has 0 nitrogen and oxygen atoms in total. The van der Waals surface area contributed by atoms with E-state index in [9.17, 15) is 0 Å². The number of rotatable bonds is 8. The smallest absolute Gasteiger partial charge is 0.0529 e. The minimum atomic E-state index is -1.01. The maximum absolute atomic E-state index is 2.62. The van der Waals surface area contributed by atoms with Crippen molar-refractivity contribution in [1.29, 1.82) is 0 Å². The molecule has 9 rings (SSSR count). The first-order chi connectivity index (χ1) is 26.2. The molecule has 0 radical (unpaired) electrons. The van der Waals surface area contributed by atoms with Crippen LogP contribution in [0.3, 0.4) is 0 Å². The fraction of sp³-hybridized carbons (Fsp3) is 0.0588. The molecule has 2 atom stereocenters. The summed E-state index contributed by atoms with van der Waals surface area (Å²) in [4.78, 5) is 0. The summed E-state index contributed by atoms with van der Waals surface area (Å²) in [6.07, 6.45) is 5.05. The van der Waals surface area contributed by atoms with Crippen molar-refractivity contribution in [3.8, 4) is 0 Å². The highest BCUT2D eigenvalue weighted by Gasteiger charge is 2.51. The molecule has 254 valence electrons. The number of hydrogen-bond acceptors (Lipinski definition) is 0. The summed E-state index contributed by atoms with van der Waals surface area (Å²) in [7, 11) is -1.93. The lowest BCUT2D eigenvalue weighted by molar-refractivity contribution is 0.647. The van der Waals surface area contributed by atoms with Gasteiger partial charge in [-0.05, 0) is 87.9 Å². The van der Waals surface area contributed by atoms with Crippen LogP contribution in [0.4, 0.5) is 0 Å². The maximum atomic E-state index is 2.62. The Labute approximate surface area is 316 Å². The lowest BCUT2D eigenvalue weighted by Crippen LogP contribution is -2.41. The van der Waals surface area contributed by atoms with Crippen molar-refractivity contribution >= 4 is 59.2 Å². The van der Waals surface area contributed by atoms with Crippen molar-refractivity contribution in [1.82, 2.24) is 0 Å². The van der Waals surface area contributed by atoms with Crippen LogP contribution < -0.4 is 26.5 Å². The number of aryl methyl sites for hydroxylation is 1. The first-order valence-corrected chi connectivity index (χ1v) is 21.1. The lowest BCUT2D eigenvalue weighted by Gasteiger charge is -2.50. The molecule has 0 N–H and O–H groups in total. The van der Waals surface area contributed by atoms with Crippen LogP contribution in [0.1, 0.15) is 33.7 Å². The van der Waals surface area contributed by atoms with Crippen molar-refractivity contribution < 1.29 is 0 Å². The zero-order valence-corrected chi connectivity index (χ0v) is 31.5. The fourth-order valence-electron chi connectivity index (χ4n) is 8.54. The first-order valence-electron chi connectivity index (χ1n) is 18.4. The SMILES string of the molecule is Cc1ccccc1C1(P(c2ccccc2)c2ccccc2)C=Cc2ccccc2C1c1c(P(c2ccccc2)c2ccccc2)ccc2ccccc12. The van der Waals surface area contributed by atoms with Crippen LogP contribution in [0.25, 0.3) is 16.8 Å². The van der Waals surface area contributed by atoms with Crippen LogP contribution in [0.5, 0.6) is 0 Å². The topological polar surface area (TPSA) is 0 Å². The summed E-state index contributed by atoms with van der Waals surface area (Å²) in [6, 6.07) is 77.4. The summed E-state index contributed by atoms with van der Waals surface area (Å²) >= 11 is 0. The van der Waals surface area contributed by atoms with Gasteiger partial charge in [-0.2, -0.15) is 0 Å². The Bertz CT molecular complexity index is 2450. The largest absolute Gasteiger partial charge is 0.0675 e. The minimum absolute atomic E-state index is 0.00477. The molecule has 2 unspecified atom stereocenters. The molecule has 2 heteroatoms. The van der Waals surface area contributed by atoms with Gasteiger partial charge in [0.05, 0.1) is 5.16 Å². The van der Waals surface area contributed by atoms with Crippen molar-refractivity contribution in [2.75, 3.05) is 0 Å². The second kappa shape index (κ2) is 14.6. The van der Waals surface area contributed by atoms with E-state index in [2.05, 4.69) is 225 Å². The Hall–Kier alpha value is -5.38. The van der Waals surface area contributed by atoms with Gasteiger partial charge >= 0.3 is 0 Å². The number of hydrogen-bond donors (Lipinski definition) is 0. The highest BCUT2D eigenvalue weighted by Crippen LogP contribution is 2.67. The molecule has 8 aromatic carbocycles. The van der Waals surface area contributed by atoms with Gasteiger partial charge in [0.1, 0.15) is 0 Å². The second-order valence-electron chi connectivity index (χ2n) is 13.8. The number of allylic oxidation sites excluding steroid dienone is 1. The Balaban J connectivity index is 1.48. The maximum Gasteiger partial charge on any atom is 0.0529 e. The van der Waals surface area contributed by atoms with Crippen LogP contribution in [0, 0.1) is 6.92 Å². The molecule has 53 heavy (non-hydrogen) atoms. The van der Waals surface area contributed by atoms with Gasteiger partial charge in [0.15, 0.2) is 0 Å². The molecule has 0 bridgehead atoms. The Morgan fingerprint density at radius 1 is 0.453 bits per heavy atom. The van der Waals surface area contributed by atoms with E-state index in [0.717, 1.165) is 0 Å². The standard InChI is InChI=1S/C51H40P2/c1-38-20-14-19-33-47(38)51(53(43-27-10-4-11-28-43)44-29-12-5-13-30-44)37-36-40-22-16-18-32-46(40)50(51)49-45-31-17-15-21-39(45)34-35-48(49)52(41-23-6-2-7-24-41)42-25-8-3-9-26-42/h2-37,50H,1H3. The lowest BCUT2D eigenvalue weighted by atomic mass is 9.70. The average molecular weight is 715 g/mol. The van der Waals surface area contributed by atoms with Gasteiger partial charge < -0.3 is 0 Å². The number of benzene rings is 8. The Morgan fingerprint density at radius 3 is 1.58 bits per heavy atom. The quantitative estimate of drug-likeness (QED) is 0.138. The van der Waals surface area contributed by atoms with Gasteiger partial charge in [-0.25, -0.2) is 0 Å². The molecule has 0 amide bonds. The van der Waals surface area contributed by atoms with Gasteiger partial charge in [0.25, 0.3) is 0 Å².